The van der Waals surface area contributed by atoms with Gasteiger partial charge in [-0.2, -0.15) is 5.10 Å². The van der Waals surface area contributed by atoms with E-state index in [0.717, 1.165) is 24.8 Å². The molecule has 0 radical (unpaired) electrons. The molecule has 0 saturated carbocycles. The first kappa shape index (κ1) is 14.4. The second kappa shape index (κ2) is 5.67. The Morgan fingerprint density at radius 2 is 2.24 bits per heavy atom. The number of aromatic nitrogens is 2. The molecule has 2 fully saturated rings. The number of piperidine rings is 1. The van der Waals surface area contributed by atoms with Crippen LogP contribution in [-0.2, 0) is 9.84 Å². The number of sulfone groups is 1. The van der Waals surface area contributed by atoms with Gasteiger partial charge in [0.25, 0.3) is 0 Å². The van der Waals surface area contributed by atoms with E-state index in [0.29, 0.717) is 13.0 Å². The molecule has 8 heteroatoms. The van der Waals surface area contributed by atoms with Crippen molar-refractivity contribution in [2.45, 2.75) is 37.8 Å². The van der Waals surface area contributed by atoms with Gasteiger partial charge in [0.1, 0.15) is 0 Å². The summed E-state index contributed by atoms with van der Waals surface area (Å²) in [7, 11) is -2.98. The Morgan fingerprint density at radius 3 is 2.90 bits per heavy atom. The zero-order valence-corrected chi connectivity index (χ0v) is 12.6. The Hall–Kier alpha value is -1.57. The molecule has 21 heavy (non-hydrogen) atoms. The van der Waals surface area contributed by atoms with Crippen LogP contribution in [0.4, 0.5) is 4.79 Å². The van der Waals surface area contributed by atoms with Crippen molar-refractivity contribution in [1.29, 1.82) is 0 Å². The standard InChI is InChI=1S/C13H20N4O3S/c18-13(16-11-4-6-21(19,20)9-11)17-5-2-1-3-12(17)10-7-14-15-8-10/h7-8,11-12H,1-6,9H2,(H,14,15)(H,16,18)/t11-,12-/m1/s1. The monoisotopic (exact) mass is 312 g/mol. The molecular weight excluding hydrogens is 292 g/mol. The zero-order valence-electron chi connectivity index (χ0n) is 11.8. The predicted molar refractivity (Wildman–Crippen MR) is 77.5 cm³/mol. The predicted octanol–water partition coefficient (Wildman–Crippen LogP) is 0.833. The second-order valence-electron chi connectivity index (χ2n) is 5.79. The molecule has 116 valence electrons. The average Bonchev–Trinajstić information content (AvgIpc) is 3.08. The number of hydrogen-bond acceptors (Lipinski definition) is 4. The smallest absolute Gasteiger partial charge is 0.318 e. The fourth-order valence-electron chi connectivity index (χ4n) is 3.13. The maximum absolute atomic E-state index is 12.5. The van der Waals surface area contributed by atoms with Gasteiger partial charge >= 0.3 is 6.03 Å². The minimum absolute atomic E-state index is 0.0236. The Kier molecular flexibility index (Phi) is 3.88. The average molecular weight is 312 g/mol. The number of nitrogens with one attached hydrogen (secondary N) is 2. The summed E-state index contributed by atoms with van der Waals surface area (Å²) in [5.41, 5.74) is 1.00. The summed E-state index contributed by atoms with van der Waals surface area (Å²) in [5.74, 6) is 0.228. The number of likely N-dealkylation sites (tertiary alicyclic amines) is 1. The Bertz CT molecular complexity index is 599. The van der Waals surface area contributed by atoms with Crippen molar-refractivity contribution >= 4 is 15.9 Å². The molecule has 2 amide bonds. The molecule has 7 nitrogen and oxygen atoms in total. The molecule has 2 N–H and O–H groups in total. The van der Waals surface area contributed by atoms with Crippen LogP contribution in [-0.4, -0.2) is 53.6 Å². The van der Waals surface area contributed by atoms with Crippen molar-refractivity contribution in [2.75, 3.05) is 18.1 Å². The quantitative estimate of drug-likeness (QED) is 0.845. The van der Waals surface area contributed by atoms with Gasteiger partial charge in [0, 0.05) is 24.3 Å². The van der Waals surface area contributed by atoms with Crippen molar-refractivity contribution in [3.05, 3.63) is 18.0 Å². The minimum Gasteiger partial charge on any atom is -0.334 e. The van der Waals surface area contributed by atoms with Gasteiger partial charge in [-0.1, -0.05) is 0 Å². The molecule has 2 aliphatic heterocycles. The van der Waals surface area contributed by atoms with Gasteiger partial charge in [0.05, 0.1) is 23.7 Å². The summed E-state index contributed by atoms with van der Waals surface area (Å²) in [5, 5.41) is 9.61. The highest BCUT2D eigenvalue weighted by molar-refractivity contribution is 7.91. The van der Waals surface area contributed by atoms with Crippen molar-refractivity contribution in [3.8, 4) is 0 Å². The minimum atomic E-state index is -2.98. The highest BCUT2D eigenvalue weighted by atomic mass is 32.2. The number of carbonyl (C=O) groups excluding carboxylic acids is 1. The summed E-state index contributed by atoms with van der Waals surface area (Å²) >= 11 is 0. The van der Waals surface area contributed by atoms with Gasteiger partial charge in [-0.15, -0.1) is 0 Å². The molecule has 0 unspecified atom stereocenters. The number of urea groups is 1. The van der Waals surface area contributed by atoms with Gasteiger partial charge in [0.2, 0.25) is 0 Å². The third kappa shape index (κ3) is 3.20. The largest absolute Gasteiger partial charge is 0.334 e. The molecule has 3 rings (SSSR count). The molecule has 0 aliphatic carbocycles. The van der Waals surface area contributed by atoms with E-state index in [-0.39, 0.29) is 29.6 Å². The van der Waals surface area contributed by atoms with E-state index >= 15 is 0 Å². The van der Waals surface area contributed by atoms with Crippen molar-refractivity contribution in [3.63, 3.8) is 0 Å². The van der Waals surface area contributed by atoms with Crippen LogP contribution in [0.15, 0.2) is 12.4 Å². The van der Waals surface area contributed by atoms with E-state index in [4.69, 9.17) is 0 Å². The highest BCUT2D eigenvalue weighted by Gasteiger charge is 2.33. The van der Waals surface area contributed by atoms with Crippen LogP contribution in [0.2, 0.25) is 0 Å². The molecular formula is C13H20N4O3S. The van der Waals surface area contributed by atoms with E-state index in [1.807, 2.05) is 6.20 Å². The zero-order chi connectivity index (χ0) is 14.9. The Labute approximate surface area is 124 Å². The van der Waals surface area contributed by atoms with Crippen LogP contribution >= 0.6 is 0 Å². The van der Waals surface area contributed by atoms with Crippen LogP contribution in [0.5, 0.6) is 0 Å². The molecule has 3 heterocycles. The lowest BCUT2D eigenvalue weighted by atomic mass is 9.98. The molecule has 2 saturated heterocycles. The number of aromatic amines is 1. The lowest BCUT2D eigenvalue weighted by Gasteiger charge is -2.35. The summed E-state index contributed by atoms with van der Waals surface area (Å²) in [6.45, 7) is 0.696. The summed E-state index contributed by atoms with van der Waals surface area (Å²) in [4.78, 5) is 14.3. The number of rotatable bonds is 2. The Morgan fingerprint density at radius 1 is 1.38 bits per heavy atom. The molecule has 1 aromatic heterocycles. The van der Waals surface area contributed by atoms with E-state index in [1.54, 1.807) is 11.1 Å². The lowest BCUT2D eigenvalue weighted by molar-refractivity contribution is 0.149. The second-order valence-corrected chi connectivity index (χ2v) is 8.01. The van der Waals surface area contributed by atoms with Gasteiger partial charge in [-0.3, -0.25) is 5.10 Å². The molecule has 2 aliphatic rings. The van der Waals surface area contributed by atoms with E-state index in [9.17, 15) is 13.2 Å². The van der Waals surface area contributed by atoms with Gasteiger partial charge in [0.15, 0.2) is 9.84 Å². The summed E-state index contributed by atoms with van der Waals surface area (Å²) in [6.07, 6.45) is 7.04. The number of amides is 2. The van der Waals surface area contributed by atoms with E-state index in [1.165, 1.54) is 0 Å². The van der Waals surface area contributed by atoms with Crippen LogP contribution in [0.3, 0.4) is 0 Å². The number of nitrogens with zero attached hydrogens (tertiary/aromatic N) is 2. The first-order valence-electron chi connectivity index (χ1n) is 7.31. The first-order valence-corrected chi connectivity index (χ1v) is 9.13. The fourth-order valence-corrected chi connectivity index (χ4v) is 4.80. The molecule has 0 spiro atoms. The third-order valence-corrected chi connectivity index (χ3v) is 6.00. The van der Waals surface area contributed by atoms with Crippen molar-refractivity contribution < 1.29 is 13.2 Å². The first-order chi connectivity index (χ1) is 10.1. The van der Waals surface area contributed by atoms with E-state index in [2.05, 4.69) is 15.5 Å². The van der Waals surface area contributed by atoms with Crippen molar-refractivity contribution in [2.24, 2.45) is 0 Å². The maximum atomic E-state index is 12.5. The normalized spacial score (nSPS) is 28.5. The SMILES string of the molecule is O=C(N[C@@H]1CCS(=O)(=O)C1)N1CCCC[C@@H]1c1cn[nH]c1. The third-order valence-electron chi connectivity index (χ3n) is 4.23. The van der Waals surface area contributed by atoms with Crippen LogP contribution in [0.1, 0.15) is 37.3 Å². The number of hydrogen-bond donors (Lipinski definition) is 2. The van der Waals surface area contributed by atoms with Gasteiger partial charge in [-0.05, 0) is 25.7 Å². The molecule has 0 bridgehead atoms. The summed E-state index contributed by atoms with van der Waals surface area (Å²) in [6, 6.07) is -0.395. The lowest BCUT2D eigenvalue weighted by Crippen LogP contribution is -2.48. The molecule has 1 aromatic rings. The summed E-state index contributed by atoms with van der Waals surface area (Å²) < 4.78 is 22.9. The number of carbonyl (C=O) groups is 1. The molecule has 2 atom stereocenters. The molecule has 0 aromatic carbocycles. The van der Waals surface area contributed by atoms with Gasteiger partial charge < -0.3 is 10.2 Å². The number of H-pyrrole nitrogens is 1. The van der Waals surface area contributed by atoms with Crippen LogP contribution in [0, 0.1) is 0 Å². The van der Waals surface area contributed by atoms with E-state index < -0.39 is 9.84 Å². The highest BCUT2D eigenvalue weighted by Crippen LogP contribution is 2.30. The van der Waals surface area contributed by atoms with Gasteiger partial charge in [-0.25, -0.2) is 13.2 Å². The maximum Gasteiger partial charge on any atom is 0.318 e. The fraction of sp³-hybridized carbons (Fsp3) is 0.692. The van der Waals surface area contributed by atoms with Crippen molar-refractivity contribution in [1.82, 2.24) is 20.4 Å². The van der Waals surface area contributed by atoms with Crippen LogP contribution in [0.25, 0.3) is 0 Å². The van der Waals surface area contributed by atoms with Crippen LogP contribution < -0.4 is 5.32 Å². The Balaban J connectivity index is 1.67. The topological polar surface area (TPSA) is 95.2 Å².